The van der Waals surface area contributed by atoms with Crippen molar-refractivity contribution in [3.8, 4) is 11.6 Å². The van der Waals surface area contributed by atoms with Crippen molar-refractivity contribution in [3.63, 3.8) is 0 Å². The largest absolute Gasteiger partial charge is 0.522 e. The number of hydrogen-bond donors (Lipinski definition) is 1. The van der Waals surface area contributed by atoms with Gasteiger partial charge in [0, 0.05) is 29.3 Å². The molecule has 0 unspecified atom stereocenters. The van der Waals surface area contributed by atoms with Crippen molar-refractivity contribution in [2.45, 2.75) is 36.6 Å². The fraction of sp³-hybridized carbons (Fsp3) is 0.429. The van der Waals surface area contributed by atoms with Crippen LogP contribution in [0.2, 0.25) is 5.02 Å². The van der Waals surface area contributed by atoms with Crippen molar-refractivity contribution >= 4 is 17.5 Å². The lowest BCUT2D eigenvalue weighted by Crippen LogP contribution is -2.77. The SMILES string of the molecule is O=C(COc1ccc(Cl)c(F)c1)NC12CC(c3ccc(OCCOC(F)(F)F)nc3)(C1)C2. The fourth-order valence-corrected chi connectivity index (χ4v) is 4.47. The monoisotopic (exact) mass is 474 g/mol. The summed E-state index contributed by atoms with van der Waals surface area (Å²) in [5.74, 6) is -0.485. The zero-order valence-electron chi connectivity index (χ0n) is 16.7. The van der Waals surface area contributed by atoms with Crippen LogP contribution in [-0.4, -0.2) is 42.6 Å². The molecule has 3 aliphatic rings. The predicted octanol–water partition coefficient (Wildman–Crippen LogP) is 4.16. The molecular formula is C21H19ClF4N2O4. The number of nitrogens with one attached hydrogen (secondary N) is 1. The zero-order chi connectivity index (χ0) is 23.0. The lowest BCUT2D eigenvalue weighted by molar-refractivity contribution is -0.325. The summed E-state index contributed by atoms with van der Waals surface area (Å²) in [6.07, 6.45) is -0.785. The lowest BCUT2D eigenvalue weighted by atomic mass is 9.37. The van der Waals surface area contributed by atoms with Crippen LogP contribution in [0.1, 0.15) is 24.8 Å². The van der Waals surface area contributed by atoms with Crippen molar-refractivity contribution in [1.82, 2.24) is 10.3 Å². The van der Waals surface area contributed by atoms with Crippen molar-refractivity contribution in [3.05, 3.63) is 52.9 Å². The number of carbonyl (C=O) groups excluding carboxylic acids is 1. The van der Waals surface area contributed by atoms with Crippen LogP contribution in [0.25, 0.3) is 0 Å². The number of hydrogen-bond acceptors (Lipinski definition) is 5. The lowest BCUT2D eigenvalue weighted by Gasteiger charge is -2.70. The normalized spacial score (nSPS) is 23.7. The van der Waals surface area contributed by atoms with Crippen molar-refractivity contribution in [2.75, 3.05) is 19.8 Å². The number of halogens is 5. The van der Waals surface area contributed by atoms with Gasteiger partial charge >= 0.3 is 6.36 Å². The highest BCUT2D eigenvalue weighted by Gasteiger charge is 2.69. The van der Waals surface area contributed by atoms with Gasteiger partial charge in [0.2, 0.25) is 5.88 Å². The number of alkyl halides is 3. The van der Waals surface area contributed by atoms with E-state index in [-0.39, 0.29) is 46.7 Å². The molecule has 3 fully saturated rings. The van der Waals surface area contributed by atoms with Crippen LogP contribution in [0.4, 0.5) is 17.6 Å². The molecule has 0 saturated heterocycles. The first-order valence-electron chi connectivity index (χ1n) is 9.77. The van der Waals surface area contributed by atoms with Gasteiger partial charge in [-0.05, 0) is 37.0 Å². The summed E-state index contributed by atoms with van der Waals surface area (Å²) >= 11 is 5.61. The van der Waals surface area contributed by atoms with Gasteiger partial charge < -0.3 is 14.8 Å². The highest BCUT2D eigenvalue weighted by Crippen LogP contribution is 2.67. The summed E-state index contributed by atoms with van der Waals surface area (Å²) in [6.45, 7) is -1.12. The van der Waals surface area contributed by atoms with Gasteiger partial charge in [-0.25, -0.2) is 9.37 Å². The molecule has 1 aromatic heterocycles. The van der Waals surface area contributed by atoms with E-state index in [0.29, 0.717) is 0 Å². The third kappa shape index (κ3) is 4.91. The third-order valence-electron chi connectivity index (χ3n) is 5.64. The zero-order valence-corrected chi connectivity index (χ0v) is 17.4. The van der Waals surface area contributed by atoms with Gasteiger partial charge in [-0.15, -0.1) is 13.2 Å². The van der Waals surface area contributed by atoms with Gasteiger partial charge in [0.05, 0.1) is 11.6 Å². The van der Waals surface area contributed by atoms with Crippen molar-refractivity contribution in [1.29, 1.82) is 0 Å². The number of benzene rings is 1. The maximum absolute atomic E-state index is 13.4. The molecular weight excluding hydrogens is 456 g/mol. The van der Waals surface area contributed by atoms with Crippen molar-refractivity contribution in [2.24, 2.45) is 0 Å². The Balaban J connectivity index is 1.20. The van der Waals surface area contributed by atoms with E-state index in [0.717, 1.165) is 30.9 Å². The fourth-order valence-electron chi connectivity index (χ4n) is 4.36. The van der Waals surface area contributed by atoms with Gasteiger partial charge in [-0.2, -0.15) is 0 Å². The average Bonchev–Trinajstić information content (AvgIpc) is 2.68. The number of rotatable bonds is 9. The Morgan fingerprint density at radius 2 is 1.88 bits per heavy atom. The summed E-state index contributed by atoms with van der Waals surface area (Å²) in [5, 5.41) is 2.95. The quantitative estimate of drug-likeness (QED) is 0.436. The summed E-state index contributed by atoms with van der Waals surface area (Å²) in [5.41, 5.74) is 0.633. The molecule has 2 bridgehead atoms. The molecule has 5 rings (SSSR count). The van der Waals surface area contributed by atoms with Crippen LogP contribution in [0, 0.1) is 5.82 Å². The molecule has 1 aromatic carbocycles. The van der Waals surface area contributed by atoms with Gasteiger partial charge in [0.25, 0.3) is 5.91 Å². The smallest absolute Gasteiger partial charge is 0.484 e. The number of pyridine rings is 1. The molecule has 3 aliphatic carbocycles. The van der Waals surface area contributed by atoms with Crippen LogP contribution in [-0.2, 0) is 14.9 Å². The molecule has 0 aliphatic heterocycles. The number of ether oxygens (including phenoxy) is 3. The molecule has 2 aromatic rings. The molecule has 0 spiro atoms. The third-order valence-corrected chi connectivity index (χ3v) is 5.95. The van der Waals surface area contributed by atoms with Crippen LogP contribution in [0.5, 0.6) is 11.6 Å². The predicted molar refractivity (Wildman–Crippen MR) is 105 cm³/mol. The van der Waals surface area contributed by atoms with Crippen LogP contribution >= 0.6 is 11.6 Å². The second-order valence-corrected chi connectivity index (χ2v) is 8.44. The first kappa shape index (κ1) is 22.6. The molecule has 32 heavy (non-hydrogen) atoms. The Morgan fingerprint density at radius 3 is 2.50 bits per heavy atom. The Morgan fingerprint density at radius 1 is 1.12 bits per heavy atom. The minimum Gasteiger partial charge on any atom is -0.484 e. The minimum absolute atomic E-state index is 0.0227. The maximum Gasteiger partial charge on any atom is 0.522 e. The van der Waals surface area contributed by atoms with E-state index in [9.17, 15) is 22.4 Å². The van der Waals surface area contributed by atoms with E-state index in [1.54, 1.807) is 12.3 Å². The van der Waals surface area contributed by atoms with Crippen molar-refractivity contribution < 1.29 is 36.6 Å². The summed E-state index contributed by atoms with van der Waals surface area (Å²) in [6, 6.07) is 7.40. The Labute approximate surface area is 185 Å². The summed E-state index contributed by atoms with van der Waals surface area (Å²) in [4.78, 5) is 16.3. The second kappa shape index (κ2) is 8.40. The van der Waals surface area contributed by atoms with Gasteiger partial charge in [-0.1, -0.05) is 17.7 Å². The molecule has 6 nitrogen and oxygen atoms in total. The Hall–Kier alpha value is -2.59. The molecule has 0 atom stereocenters. The summed E-state index contributed by atoms with van der Waals surface area (Å²) in [7, 11) is 0. The molecule has 0 radical (unpaired) electrons. The summed E-state index contributed by atoms with van der Waals surface area (Å²) < 4.78 is 63.3. The Kier molecular flexibility index (Phi) is 5.93. The molecule has 1 N–H and O–H groups in total. The second-order valence-electron chi connectivity index (χ2n) is 8.03. The Bertz CT molecular complexity index is 981. The molecule has 11 heteroatoms. The topological polar surface area (TPSA) is 69.7 Å². The van der Waals surface area contributed by atoms with E-state index in [1.165, 1.54) is 12.1 Å². The number of nitrogens with zero attached hydrogens (tertiary/aromatic N) is 1. The number of amides is 1. The van der Waals surface area contributed by atoms with E-state index >= 15 is 0 Å². The molecule has 1 heterocycles. The van der Waals surface area contributed by atoms with Crippen LogP contribution in [0.15, 0.2) is 36.5 Å². The van der Waals surface area contributed by atoms with Gasteiger partial charge in [-0.3, -0.25) is 9.53 Å². The van der Waals surface area contributed by atoms with E-state index < -0.39 is 18.8 Å². The number of carbonyl (C=O) groups is 1. The van der Waals surface area contributed by atoms with E-state index in [1.807, 2.05) is 6.07 Å². The maximum atomic E-state index is 13.4. The van der Waals surface area contributed by atoms with E-state index in [4.69, 9.17) is 21.1 Å². The van der Waals surface area contributed by atoms with Gasteiger partial charge in [0.1, 0.15) is 18.2 Å². The van der Waals surface area contributed by atoms with E-state index in [2.05, 4.69) is 15.0 Å². The molecule has 172 valence electrons. The highest BCUT2D eigenvalue weighted by atomic mass is 35.5. The molecule has 1 amide bonds. The first-order valence-corrected chi connectivity index (χ1v) is 10.1. The minimum atomic E-state index is -4.68. The van der Waals surface area contributed by atoms with Gasteiger partial charge in [0.15, 0.2) is 6.61 Å². The van der Waals surface area contributed by atoms with Crippen LogP contribution < -0.4 is 14.8 Å². The molecule has 3 saturated carbocycles. The van der Waals surface area contributed by atoms with Crippen LogP contribution in [0.3, 0.4) is 0 Å². The number of aromatic nitrogens is 1. The average molecular weight is 475 g/mol. The standard InChI is InChI=1S/C21H19ClF4N2O4/c22-15-3-2-14(7-16(15)23)31-9-17(29)28-20-10-19(11-20,12-20)13-1-4-18(27-8-13)30-5-6-32-21(24,25)26/h1-4,7-8H,5-6,9-12H2,(H,28,29). The first-order chi connectivity index (χ1) is 15.1. The highest BCUT2D eigenvalue weighted by molar-refractivity contribution is 6.30.